The van der Waals surface area contributed by atoms with Gasteiger partial charge >= 0.3 is 5.97 Å². The van der Waals surface area contributed by atoms with Crippen LogP contribution in [0, 0.1) is 5.82 Å². The van der Waals surface area contributed by atoms with Gasteiger partial charge in [-0.15, -0.1) is 0 Å². The average Bonchev–Trinajstić information content (AvgIpc) is 2.63. The molecular weight excluding hydrogens is 337 g/mol. The van der Waals surface area contributed by atoms with Gasteiger partial charge in [-0.1, -0.05) is 31.2 Å². The van der Waals surface area contributed by atoms with Gasteiger partial charge in [0.05, 0.1) is 13.0 Å². The number of carbonyl (C=O) groups is 2. The molecule has 0 spiro atoms. The van der Waals surface area contributed by atoms with E-state index in [0.717, 1.165) is 5.56 Å². The van der Waals surface area contributed by atoms with Gasteiger partial charge in [-0.25, -0.2) is 9.18 Å². The van der Waals surface area contributed by atoms with Crippen LogP contribution in [-0.2, 0) is 15.1 Å². The second kappa shape index (κ2) is 7.99. The molecule has 2 rings (SSSR count). The molecular formula is C20H22FNO4. The molecule has 6 heteroatoms. The Morgan fingerprint density at radius 2 is 1.73 bits per heavy atom. The number of carbonyl (C=O) groups excluding carboxylic acids is 1. The molecule has 0 aliphatic carbocycles. The van der Waals surface area contributed by atoms with Crippen LogP contribution in [0.4, 0.5) is 4.39 Å². The molecule has 26 heavy (non-hydrogen) atoms. The van der Waals surface area contributed by atoms with E-state index in [2.05, 4.69) is 5.32 Å². The number of carboxylic acids is 1. The highest BCUT2D eigenvalue weighted by atomic mass is 19.1. The van der Waals surface area contributed by atoms with Crippen molar-refractivity contribution in [3.05, 3.63) is 65.5 Å². The van der Waals surface area contributed by atoms with Crippen molar-refractivity contribution in [2.45, 2.75) is 31.7 Å². The van der Waals surface area contributed by atoms with Gasteiger partial charge in [0.25, 0.3) is 0 Å². The van der Waals surface area contributed by atoms with Crippen LogP contribution in [0.2, 0.25) is 0 Å². The molecule has 2 aromatic rings. The van der Waals surface area contributed by atoms with Crippen molar-refractivity contribution in [2.75, 3.05) is 7.11 Å². The van der Waals surface area contributed by atoms with Gasteiger partial charge in [0.2, 0.25) is 5.91 Å². The maximum atomic E-state index is 13.2. The van der Waals surface area contributed by atoms with E-state index in [1.165, 1.54) is 31.2 Å². The summed E-state index contributed by atoms with van der Waals surface area (Å²) in [6.07, 6.45) is 0.497. The summed E-state index contributed by atoms with van der Waals surface area (Å²) >= 11 is 0. The molecule has 0 heterocycles. The summed E-state index contributed by atoms with van der Waals surface area (Å²) < 4.78 is 18.3. The molecule has 0 aliphatic rings. The number of benzene rings is 2. The molecule has 0 saturated heterocycles. The lowest BCUT2D eigenvalue weighted by atomic mass is 9.89. The van der Waals surface area contributed by atoms with E-state index in [0.29, 0.717) is 17.7 Å². The van der Waals surface area contributed by atoms with Crippen molar-refractivity contribution in [2.24, 2.45) is 0 Å². The van der Waals surface area contributed by atoms with Gasteiger partial charge in [-0.3, -0.25) is 4.79 Å². The molecule has 1 amide bonds. The summed E-state index contributed by atoms with van der Waals surface area (Å²) in [5, 5.41) is 12.3. The molecule has 0 fully saturated rings. The lowest BCUT2D eigenvalue weighted by Gasteiger charge is -2.29. The number of amides is 1. The summed E-state index contributed by atoms with van der Waals surface area (Å²) in [7, 11) is 1.56. The van der Waals surface area contributed by atoms with Crippen LogP contribution >= 0.6 is 0 Å². The van der Waals surface area contributed by atoms with Gasteiger partial charge < -0.3 is 15.2 Å². The van der Waals surface area contributed by atoms with Crippen LogP contribution in [0.3, 0.4) is 0 Å². The van der Waals surface area contributed by atoms with Crippen LogP contribution < -0.4 is 10.1 Å². The number of carboxylic acid groups (broad SMARTS) is 1. The summed E-state index contributed by atoms with van der Waals surface area (Å²) in [5.74, 6) is -1.95. The van der Waals surface area contributed by atoms with Gasteiger partial charge in [-0.2, -0.15) is 0 Å². The quantitative estimate of drug-likeness (QED) is 0.794. The fraction of sp³-hybridized carbons (Fsp3) is 0.300. The highest BCUT2D eigenvalue weighted by molar-refractivity contribution is 5.91. The van der Waals surface area contributed by atoms with E-state index in [9.17, 15) is 19.1 Å². The predicted molar refractivity (Wildman–Crippen MR) is 95.6 cm³/mol. The van der Waals surface area contributed by atoms with Gasteiger partial charge in [0, 0.05) is 0 Å². The number of ether oxygens (including phenoxy) is 1. The number of rotatable bonds is 7. The molecule has 2 unspecified atom stereocenters. The van der Waals surface area contributed by atoms with Crippen molar-refractivity contribution < 1.29 is 23.8 Å². The number of methoxy groups -OCH3 is 1. The maximum absolute atomic E-state index is 13.2. The van der Waals surface area contributed by atoms with E-state index in [4.69, 9.17) is 4.74 Å². The molecule has 2 aromatic carbocycles. The minimum Gasteiger partial charge on any atom is -0.497 e. The molecule has 0 saturated carbocycles. The molecule has 2 N–H and O–H groups in total. The number of hydrogen-bond donors (Lipinski definition) is 2. The largest absolute Gasteiger partial charge is 0.497 e. The van der Waals surface area contributed by atoms with Crippen LogP contribution in [0.25, 0.3) is 0 Å². The Balaban J connectivity index is 2.29. The standard InChI is InChI=1S/C20H22FNO4/c1-4-17(13-5-11-16(26-3)12-6-13)18(23)22-20(2,19(24)25)14-7-9-15(21)10-8-14/h5-12,17H,4H2,1-3H3,(H,22,23)(H,24,25). The molecule has 5 nitrogen and oxygen atoms in total. The van der Waals surface area contributed by atoms with Gasteiger partial charge in [-0.05, 0) is 48.7 Å². The van der Waals surface area contributed by atoms with Gasteiger partial charge in [0.15, 0.2) is 5.54 Å². The van der Waals surface area contributed by atoms with Gasteiger partial charge in [0.1, 0.15) is 11.6 Å². The monoisotopic (exact) mass is 359 g/mol. The first-order valence-corrected chi connectivity index (χ1v) is 8.27. The summed E-state index contributed by atoms with van der Waals surface area (Å²) in [5.41, 5.74) is -0.605. The van der Waals surface area contributed by atoms with Crippen molar-refractivity contribution in [3.8, 4) is 5.75 Å². The lowest BCUT2D eigenvalue weighted by molar-refractivity contribution is -0.147. The minimum atomic E-state index is -1.66. The molecule has 0 radical (unpaired) electrons. The second-order valence-electron chi connectivity index (χ2n) is 6.16. The van der Waals surface area contributed by atoms with E-state index in [1.807, 2.05) is 6.92 Å². The zero-order valence-electron chi connectivity index (χ0n) is 15.0. The van der Waals surface area contributed by atoms with Crippen molar-refractivity contribution in [1.82, 2.24) is 5.32 Å². The zero-order chi connectivity index (χ0) is 19.3. The zero-order valence-corrected chi connectivity index (χ0v) is 15.0. The Labute approximate surface area is 151 Å². The Morgan fingerprint density at radius 1 is 1.15 bits per heavy atom. The normalized spacial score (nSPS) is 14.2. The number of nitrogens with one attached hydrogen (secondary N) is 1. The molecule has 0 aliphatic heterocycles. The van der Waals surface area contributed by atoms with Crippen LogP contribution in [0.15, 0.2) is 48.5 Å². The summed E-state index contributed by atoms with van der Waals surface area (Å²) in [4.78, 5) is 24.7. The Hall–Kier alpha value is -2.89. The Bertz CT molecular complexity index is 773. The molecule has 138 valence electrons. The predicted octanol–water partition coefficient (Wildman–Crippen LogP) is 3.44. The second-order valence-corrected chi connectivity index (χ2v) is 6.16. The fourth-order valence-corrected chi connectivity index (χ4v) is 2.77. The Morgan fingerprint density at radius 3 is 2.19 bits per heavy atom. The first-order chi connectivity index (χ1) is 12.3. The lowest BCUT2D eigenvalue weighted by Crippen LogP contribution is -2.51. The van der Waals surface area contributed by atoms with E-state index in [1.54, 1.807) is 31.4 Å². The van der Waals surface area contributed by atoms with Crippen LogP contribution in [0.1, 0.15) is 37.3 Å². The topological polar surface area (TPSA) is 75.6 Å². The van der Waals surface area contributed by atoms with Crippen LogP contribution in [0.5, 0.6) is 5.75 Å². The summed E-state index contributed by atoms with van der Waals surface area (Å²) in [6.45, 7) is 3.24. The van der Waals surface area contributed by atoms with E-state index >= 15 is 0 Å². The third-order valence-corrected chi connectivity index (χ3v) is 4.47. The average molecular weight is 359 g/mol. The van der Waals surface area contributed by atoms with Crippen molar-refractivity contribution >= 4 is 11.9 Å². The Kier molecular flexibility index (Phi) is 5.97. The van der Waals surface area contributed by atoms with E-state index in [-0.39, 0.29) is 0 Å². The highest BCUT2D eigenvalue weighted by Crippen LogP contribution is 2.27. The molecule has 0 aromatic heterocycles. The third-order valence-electron chi connectivity index (χ3n) is 4.47. The number of hydrogen-bond acceptors (Lipinski definition) is 3. The first-order valence-electron chi connectivity index (χ1n) is 8.27. The third kappa shape index (κ3) is 4.02. The number of aliphatic carboxylic acids is 1. The van der Waals surface area contributed by atoms with Crippen molar-refractivity contribution in [1.29, 1.82) is 0 Å². The maximum Gasteiger partial charge on any atom is 0.333 e. The highest BCUT2D eigenvalue weighted by Gasteiger charge is 2.38. The van der Waals surface area contributed by atoms with Crippen LogP contribution in [-0.4, -0.2) is 24.1 Å². The molecule has 0 bridgehead atoms. The smallest absolute Gasteiger partial charge is 0.333 e. The van der Waals surface area contributed by atoms with Crippen molar-refractivity contribution in [3.63, 3.8) is 0 Å². The number of halogens is 1. The summed E-state index contributed by atoms with van der Waals surface area (Å²) in [6, 6.07) is 12.1. The molecule has 2 atom stereocenters. The SMILES string of the molecule is CCC(C(=O)NC(C)(C(=O)O)c1ccc(F)cc1)c1ccc(OC)cc1. The minimum absolute atomic E-state index is 0.296. The first kappa shape index (κ1) is 19.4. The van der Waals surface area contributed by atoms with E-state index < -0.39 is 29.2 Å². The fourth-order valence-electron chi connectivity index (χ4n) is 2.77.